The summed E-state index contributed by atoms with van der Waals surface area (Å²) >= 11 is 5.94. The number of halogens is 1. The summed E-state index contributed by atoms with van der Waals surface area (Å²) in [6.45, 7) is 0.381. The lowest BCUT2D eigenvalue weighted by Crippen LogP contribution is -2.08. The molecular formula is C13H12ClN5O2. The first kappa shape index (κ1) is 13.7. The normalized spacial score (nSPS) is 14.0. The highest BCUT2D eigenvalue weighted by molar-refractivity contribution is 6.31. The number of pyridine rings is 1. The predicted molar refractivity (Wildman–Crippen MR) is 77.2 cm³/mol. The maximum Gasteiger partial charge on any atom is 0.348 e. The van der Waals surface area contributed by atoms with Crippen LogP contribution in [0.5, 0.6) is 0 Å². The number of aromatic nitrogens is 3. The molecule has 1 N–H and O–H groups in total. The van der Waals surface area contributed by atoms with Gasteiger partial charge in [-0.25, -0.2) is 9.97 Å². The van der Waals surface area contributed by atoms with Crippen molar-refractivity contribution in [2.45, 2.75) is 25.3 Å². The molecule has 1 aliphatic rings. The monoisotopic (exact) mass is 305 g/mol. The van der Waals surface area contributed by atoms with Gasteiger partial charge in [0.05, 0.1) is 4.92 Å². The van der Waals surface area contributed by atoms with E-state index in [9.17, 15) is 10.1 Å². The molecule has 0 amide bonds. The molecule has 0 atom stereocenters. The first-order chi connectivity index (χ1) is 10.1. The fraction of sp³-hybridized carbons (Fsp3) is 0.308. The van der Waals surface area contributed by atoms with Crippen LogP contribution in [0.15, 0.2) is 24.5 Å². The van der Waals surface area contributed by atoms with E-state index in [4.69, 9.17) is 11.6 Å². The van der Waals surface area contributed by atoms with Crippen LogP contribution in [0.4, 0.5) is 11.5 Å². The Kier molecular flexibility index (Phi) is 3.66. The summed E-state index contributed by atoms with van der Waals surface area (Å²) in [5.41, 5.74) is 0.611. The largest absolute Gasteiger partial charge is 0.360 e. The number of anilines is 1. The van der Waals surface area contributed by atoms with Crippen LogP contribution in [0.3, 0.4) is 0 Å². The number of rotatable bonds is 5. The van der Waals surface area contributed by atoms with E-state index in [1.807, 2.05) is 6.07 Å². The summed E-state index contributed by atoms with van der Waals surface area (Å²) in [6, 6.07) is 3.67. The van der Waals surface area contributed by atoms with Gasteiger partial charge in [-0.1, -0.05) is 17.7 Å². The van der Waals surface area contributed by atoms with Crippen LogP contribution in [-0.4, -0.2) is 19.9 Å². The van der Waals surface area contributed by atoms with E-state index < -0.39 is 4.92 Å². The number of hydrogen-bond acceptors (Lipinski definition) is 6. The van der Waals surface area contributed by atoms with Crippen LogP contribution in [0.2, 0.25) is 5.15 Å². The molecule has 2 aromatic heterocycles. The maximum atomic E-state index is 11.1. The molecule has 21 heavy (non-hydrogen) atoms. The second-order valence-corrected chi connectivity index (χ2v) is 5.17. The zero-order valence-corrected chi connectivity index (χ0v) is 11.7. The highest BCUT2D eigenvalue weighted by atomic mass is 35.5. The van der Waals surface area contributed by atoms with Gasteiger partial charge in [0.25, 0.3) is 0 Å². The highest BCUT2D eigenvalue weighted by Gasteiger charge is 2.31. The van der Waals surface area contributed by atoms with Crippen molar-refractivity contribution in [3.05, 3.63) is 51.2 Å². The Bertz CT molecular complexity index is 676. The lowest BCUT2D eigenvalue weighted by molar-refractivity contribution is -0.384. The van der Waals surface area contributed by atoms with E-state index in [2.05, 4.69) is 20.3 Å². The molecule has 2 heterocycles. The number of nitrogens with one attached hydrogen (secondary N) is 1. The Hall–Kier alpha value is -2.28. The second kappa shape index (κ2) is 5.61. The quantitative estimate of drug-likeness (QED) is 0.518. The average molecular weight is 306 g/mol. The Balaban J connectivity index is 1.89. The molecule has 1 aliphatic carbocycles. The van der Waals surface area contributed by atoms with Crippen molar-refractivity contribution >= 4 is 23.1 Å². The van der Waals surface area contributed by atoms with Crippen LogP contribution < -0.4 is 5.32 Å². The van der Waals surface area contributed by atoms with Crippen molar-refractivity contribution in [2.24, 2.45) is 0 Å². The molecule has 108 valence electrons. The Labute approximate surface area is 125 Å². The van der Waals surface area contributed by atoms with Crippen LogP contribution in [-0.2, 0) is 6.54 Å². The van der Waals surface area contributed by atoms with Crippen molar-refractivity contribution in [3.63, 3.8) is 0 Å². The van der Waals surface area contributed by atoms with Gasteiger partial charge in [-0.05, 0) is 24.5 Å². The molecule has 0 aromatic carbocycles. The smallest absolute Gasteiger partial charge is 0.348 e. The van der Waals surface area contributed by atoms with E-state index in [0.29, 0.717) is 12.4 Å². The molecule has 0 saturated heterocycles. The number of hydrogen-bond donors (Lipinski definition) is 1. The van der Waals surface area contributed by atoms with Gasteiger partial charge < -0.3 is 5.32 Å². The van der Waals surface area contributed by atoms with E-state index in [-0.39, 0.29) is 22.6 Å². The average Bonchev–Trinajstić information content (AvgIpc) is 3.29. The molecule has 0 unspecified atom stereocenters. The Morgan fingerprint density at radius 3 is 2.86 bits per heavy atom. The van der Waals surface area contributed by atoms with Crippen molar-refractivity contribution < 1.29 is 4.92 Å². The van der Waals surface area contributed by atoms with Crippen molar-refractivity contribution in [3.8, 4) is 0 Å². The lowest BCUT2D eigenvalue weighted by Gasteiger charge is -2.08. The van der Waals surface area contributed by atoms with Gasteiger partial charge in [0, 0.05) is 24.9 Å². The maximum absolute atomic E-state index is 11.1. The van der Waals surface area contributed by atoms with Gasteiger partial charge in [-0.15, -0.1) is 0 Å². The summed E-state index contributed by atoms with van der Waals surface area (Å²) in [6.07, 6.45) is 5.34. The summed E-state index contributed by atoms with van der Waals surface area (Å²) in [4.78, 5) is 22.9. The minimum atomic E-state index is -0.565. The van der Waals surface area contributed by atoms with E-state index in [1.54, 1.807) is 18.5 Å². The third-order valence-corrected chi connectivity index (χ3v) is 3.43. The van der Waals surface area contributed by atoms with Crippen LogP contribution in [0.1, 0.15) is 30.1 Å². The van der Waals surface area contributed by atoms with Gasteiger partial charge >= 0.3 is 5.69 Å². The van der Waals surface area contributed by atoms with Crippen molar-refractivity contribution in [2.75, 3.05) is 5.32 Å². The zero-order chi connectivity index (χ0) is 14.8. The fourth-order valence-corrected chi connectivity index (χ4v) is 2.19. The molecule has 3 rings (SSSR count). The van der Waals surface area contributed by atoms with Gasteiger partial charge in [-0.2, -0.15) is 0 Å². The fourth-order valence-electron chi connectivity index (χ4n) is 1.94. The SMILES string of the molecule is O=[N+]([O-])c1c(Cl)nc(C2CC2)nc1NCc1cccnc1. The van der Waals surface area contributed by atoms with Crippen molar-refractivity contribution in [1.82, 2.24) is 15.0 Å². The summed E-state index contributed by atoms with van der Waals surface area (Å²) in [5.74, 6) is 0.993. The van der Waals surface area contributed by atoms with Gasteiger partial charge in [-0.3, -0.25) is 15.1 Å². The second-order valence-electron chi connectivity index (χ2n) is 4.82. The molecule has 1 saturated carbocycles. The van der Waals surface area contributed by atoms with E-state index >= 15 is 0 Å². The molecule has 2 aromatic rings. The van der Waals surface area contributed by atoms with Gasteiger partial charge in [0.15, 0.2) is 0 Å². The summed E-state index contributed by atoms with van der Waals surface area (Å²) in [5, 5.41) is 14.0. The first-order valence-corrected chi connectivity index (χ1v) is 6.87. The standard InChI is InChI=1S/C13H12ClN5O2/c14-11-10(19(20)21)13(18-12(17-11)9-3-4-9)16-7-8-2-1-5-15-6-8/h1-2,5-6,9H,3-4,7H2,(H,16,17,18). The van der Waals surface area contributed by atoms with Gasteiger partial charge in [0.1, 0.15) is 5.82 Å². The number of nitro groups is 1. The molecule has 0 bridgehead atoms. The molecule has 0 spiro atoms. The first-order valence-electron chi connectivity index (χ1n) is 6.49. The number of nitrogens with zero attached hydrogens (tertiary/aromatic N) is 4. The van der Waals surface area contributed by atoms with E-state index in [1.165, 1.54) is 0 Å². The molecular weight excluding hydrogens is 294 g/mol. The predicted octanol–water partition coefficient (Wildman–Crippen LogP) is 2.92. The molecule has 8 heteroatoms. The van der Waals surface area contributed by atoms with Crippen molar-refractivity contribution in [1.29, 1.82) is 0 Å². The Morgan fingerprint density at radius 2 is 2.24 bits per heavy atom. The van der Waals surface area contributed by atoms with Crippen LogP contribution >= 0.6 is 11.6 Å². The van der Waals surface area contributed by atoms with Gasteiger partial charge in [0.2, 0.25) is 11.0 Å². The molecule has 1 fully saturated rings. The highest BCUT2D eigenvalue weighted by Crippen LogP contribution is 2.41. The molecule has 7 nitrogen and oxygen atoms in total. The minimum Gasteiger partial charge on any atom is -0.360 e. The third-order valence-electron chi connectivity index (χ3n) is 3.17. The summed E-state index contributed by atoms with van der Waals surface area (Å²) in [7, 11) is 0. The van der Waals surface area contributed by atoms with Crippen LogP contribution in [0.25, 0.3) is 0 Å². The Morgan fingerprint density at radius 1 is 1.43 bits per heavy atom. The zero-order valence-electron chi connectivity index (χ0n) is 11.0. The van der Waals surface area contributed by atoms with Crippen LogP contribution in [0, 0.1) is 10.1 Å². The van der Waals surface area contributed by atoms with E-state index in [0.717, 1.165) is 18.4 Å². The lowest BCUT2D eigenvalue weighted by atomic mass is 10.3. The molecule has 0 radical (unpaired) electrons. The third kappa shape index (κ3) is 3.08. The molecule has 0 aliphatic heterocycles. The summed E-state index contributed by atoms with van der Waals surface area (Å²) < 4.78 is 0. The topological polar surface area (TPSA) is 93.8 Å². The minimum absolute atomic E-state index is 0.120.